The fourth-order valence-corrected chi connectivity index (χ4v) is 4.02. The van der Waals surface area contributed by atoms with Gasteiger partial charge in [-0.3, -0.25) is 4.79 Å². The predicted octanol–water partition coefficient (Wildman–Crippen LogP) is 6.71. The van der Waals surface area contributed by atoms with Crippen LogP contribution < -0.4 is 10.9 Å². The minimum Gasteiger partial charge on any atom is -0.461 e. The van der Waals surface area contributed by atoms with Gasteiger partial charge in [0.25, 0.3) is 0 Å². The molecule has 0 bridgehead atoms. The van der Waals surface area contributed by atoms with Gasteiger partial charge in [0.15, 0.2) is 0 Å². The molecule has 0 atom stereocenters. The number of rotatable bonds is 4. The number of furan rings is 1. The molecule has 0 unspecified atom stereocenters. The molecule has 172 valence electrons. The Morgan fingerprint density at radius 1 is 1.00 bits per heavy atom. The number of carbonyl (C=O) groups excluding carboxylic acids is 1. The largest absolute Gasteiger partial charge is 0.461 e. The number of alkyl halides is 3. The van der Waals surface area contributed by atoms with Crippen molar-refractivity contribution in [3.8, 4) is 0 Å². The van der Waals surface area contributed by atoms with Crippen molar-refractivity contribution in [2.45, 2.75) is 39.8 Å². The van der Waals surface area contributed by atoms with E-state index in [0.29, 0.717) is 22.3 Å². The van der Waals surface area contributed by atoms with E-state index in [1.165, 1.54) is 6.07 Å². The highest BCUT2D eigenvalue weighted by Gasteiger charge is 2.33. The molecule has 4 aromatic rings. The van der Waals surface area contributed by atoms with Crippen LogP contribution in [0.15, 0.2) is 44.0 Å². The number of amides is 1. The van der Waals surface area contributed by atoms with Crippen molar-refractivity contribution < 1.29 is 26.8 Å². The summed E-state index contributed by atoms with van der Waals surface area (Å²) in [5.74, 6) is 0.231. The first-order chi connectivity index (χ1) is 15.5. The zero-order chi connectivity index (χ0) is 24.1. The summed E-state index contributed by atoms with van der Waals surface area (Å²) in [6.45, 7) is 5.56. The minimum absolute atomic E-state index is 0.0350. The average Bonchev–Trinajstić information content (AvgIpc) is 3.00. The lowest BCUT2D eigenvalue weighted by Crippen LogP contribution is -2.17. The van der Waals surface area contributed by atoms with Gasteiger partial charge in [-0.05, 0) is 62.6 Å². The highest BCUT2D eigenvalue weighted by atomic mass is 35.5. The monoisotopic (exact) mass is 477 g/mol. The second-order valence-electron chi connectivity index (χ2n) is 7.86. The molecule has 5 nitrogen and oxygen atoms in total. The summed E-state index contributed by atoms with van der Waals surface area (Å²) >= 11 is 5.60. The van der Waals surface area contributed by atoms with Crippen molar-refractivity contribution in [2.75, 3.05) is 5.32 Å². The normalized spacial score (nSPS) is 12.0. The van der Waals surface area contributed by atoms with Crippen molar-refractivity contribution >= 4 is 45.1 Å². The van der Waals surface area contributed by atoms with Crippen molar-refractivity contribution in [1.82, 2.24) is 0 Å². The van der Waals surface area contributed by atoms with E-state index in [1.807, 2.05) is 19.9 Å². The van der Waals surface area contributed by atoms with E-state index in [9.17, 15) is 22.8 Å². The summed E-state index contributed by atoms with van der Waals surface area (Å²) in [6.07, 6.45) is -4.69. The third kappa shape index (κ3) is 4.35. The van der Waals surface area contributed by atoms with Crippen LogP contribution in [0.5, 0.6) is 0 Å². The Hall–Kier alpha value is -3.26. The van der Waals surface area contributed by atoms with Gasteiger partial charge >= 0.3 is 11.8 Å². The second kappa shape index (κ2) is 8.26. The first kappa shape index (κ1) is 22.9. The van der Waals surface area contributed by atoms with Crippen LogP contribution in [0.4, 0.5) is 18.9 Å². The van der Waals surface area contributed by atoms with Gasteiger partial charge in [0.2, 0.25) is 5.91 Å². The van der Waals surface area contributed by atoms with E-state index in [0.717, 1.165) is 34.2 Å². The molecule has 0 aliphatic carbocycles. The van der Waals surface area contributed by atoms with E-state index in [1.54, 1.807) is 13.0 Å². The van der Waals surface area contributed by atoms with Crippen LogP contribution in [0.1, 0.15) is 34.4 Å². The van der Waals surface area contributed by atoms with Gasteiger partial charge in [-0.25, -0.2) is 4.79 Å². The van der Waals surface area contributed by atoms with Crippen molar-refractivity contribution in [3.63, 3.8) is 0 Å². The third-order valence-electron chi connectivity index (χ3n) is 5.74. The average molecular weight is 478 g/mol. The molecule has 2 aromatic carbocycles. The number of hydrogen-bond acceptors (Lipinski definition) is 4. The molecule has 1 N–H and O–H groups in total. The van der Waals surface area contributed by atoms with Gasteiger partial charge in [-0.2, -0.15) is 13.2 Å². The first-order valence-corrected chi connectivity index (χ1v) is 10.5. The van der Waals surface area contributed by atoms with E-state index < -0.39 is 28.3 Å². The molecule has 2 heterocycles. The molecule has 0 saturated heterocycles. The molecule has 1 amide bonds. The number of halogens is 4. The second-order valence-corrected chi connectivity index (χ2v) is 8.27. The summed E-state index contributed by atoms with van der Waals surface area (Å²) < 4.78 is 50.2. The Labute approximate surface area is 191 Å². The number of aryl methyl sites for hydroxylation is 3. The topological polar surface area (TPSA) is 72.5 Å². The summed E-state index contributed by atoms with van der Waals surface area (Å²) in [5.41, 5.74) is 1.36. The van der Waals surface area contributed by atoms with Gasteiger partial charge in [0, 0.05) is 34.5 Å². The summed E-state index contributed by atoms with van der Waals surface area (Å²) in [5, 5.41) is 3.60. The van der Waals surface area contributed by atoms with Crippen molar-refractivity contribution in [3.05, 3.63) is 73.8 Å². The van der Waals surface area contributed by atoms with Gasteiger partial charge in [-0.15, -0.1) is 0 Å². The molecule has 4 rings (SSSR count). The SMILES string of the molecule is Cc1oc2cc3oc(=O)c(CCC(=O)Nc4ccc(Cl)c(C(F)(F)F)c4)c(C)c3cc2c1C. The van der Waals surface area contributed by atoms with Crippen LogP contribution in [0.3, 0.4) is 0 Å². The Balaban J connectivity index is 1.58. The number of anilines is 1. The van der Waals surface area contributed by atoms with Crippen LogP contribution in [0.2, 0.25) is 5.02 Å². The Morgan fingerprint density at radius 3 is 2.36 bits per heavy atom. The molecule has 9 heteroatoms. The van der Waals surface area contributed by atoms with Crippen molar-refractivity contribution in [2.24, 2.45) is 0 Å². The van der Waals surface area contributed by atoms with Gasteiger partial charge in [0.1, 0.15) is 16.9 Å². The molecular formula is C24H19ClF3NO4. The van der Waals surface area contributed by atoms with Crippen LogP contribution in [0.25, 0.3) is 21.9 Å². The number of hydrogen-bond donors (Lipinski definition) is 1. The van der Waals surface area contributed by atoms with Gasteiger partial charge in [-0.1, -0.05) is 11.6 Å². The van der Waals surface area contributed by atoms with E-state index in [2.05, 4.69) is 5.32 Å². The Bertz CT molecular complexity index is 1470. The standard InChI is InChI=1S/C24H19ClF3NO4/c1-11-13(3)32-20-10-21-17(9-16(11)20)12(2)15(23(31)33-21)5-7-22(30)29-14-4-6-19(25)18(8-14)24(26,27)28/h4,6,8-10H,5,7H2,1-3H3,(H,29,30). The third-order valence-corrected chi connectivity index (χ3v) is 6.07. The zero-order valence-electron chi connectivity index (χ0n) is 17.9. The fourth-order valence-electron chi connectivity index (χ4n) is 3.80. The Kier molecular flexibility index (Phi) is 5.74. The van der Waals surface area contributed by atoms with Crippen LogP contribution in [0, 0.1) is 20.8 Å². The molecule has 0 fully saturated rings. The number of benzene rings is 2. The lowest BCUT2D eigenvalue weighted by atomic mass is 10.0. The van der Waals surface area contributed by atoms with Gasteiger partial charge < -0.3 is 14.2 Å². The molecule has 0 aliphatic rings. The van der Waals surface area contributed by atoms with E-state index in [-0.39, 0.29) is 18.5 Å². The fraction of sp³-hybridized carbons (Fsp3) is 0.250. The summed E-state index contributed by atoms with van der Waals surface area (Å²) in [7, 11) is 0. The maximum atomic E-state index is 13.0. The lowest BCUT2D eigenvalue weighted by Gasteiger charge is -2.12. The zero-order valence-corrected chi connectivity index (χ0v) is 18.7. The Morgan fingerprint density at radius 2 is 1.67 bits per heavy atom. The van der Waals surface area contributed by atoms with Gasteiger partial charge in [0.05, 0.1) is 10.6 Å². The molecule has 2 aromatic heterocycles. The number of carbonyl (C=O) groups is 1. The van der Waals surface area contributed by atoms with Crippen LogP contribution >= 0.6 is 11.6 Å². The highest BCUT2D eigenvalue weighted by molar-refractivity contribution is 6.31. The van der Waals surface area contributed by atoms with Crippen molar-refractivity contribution in [1.29, 1.82) is 0 Å². The lowest BCUT2D eigenvalue weighted by molar-refractivity contribution is -0.137. The smallest absolute Gasteiger partial charge is 0.417 e. The van der Waals surface area contributed by atoms with E-state index >= 15 is 0 Å². The molecule has 0 aliphatic heterocycles. The predicted molar refractivity (Wildman–Crippen MR) is 120 cm³/mol. The highest BCUT2D eigenvalue weighted by Crippen LogP contribution is 2.36. The van der Waals surface area contributed by atoms with Crippen LogP contribution in [-0.4, -0.2) is 5.91 Å². The minimum atomic E-state index is -4.64. The first-order valence-electron chi connectivity index (χ1n) is 10.1. The maximum absolute atomic E-state index is 13.0. The summed E-state index contributed by atoms with van der Waals surface area (Å²) in [4.78, 5) is 24.9. The molecule has 0 radical (unpaired) electrons. The number of fused-ring (bicyclic) bond motifs is 2. The number of nitrogens with one attached hydrogen (secondary N) is 1. The molecular weight excluding hydrogens is 459 g/mol. The summed E-state index contributed by atoms with van der Waals surface area (Å²) in [6, 6.07) is 6.70. The van der Waals surface area contributed by atoms with E-state index in [4.69, 9.17) is 20.4 Å². The molecule has 0 spiro atoms. The quantitative estimate of drug-likeness (QED) is 0.332. The van der Waals surface area contributed by atoms with Crippen LogP contribution in [-0.2, 0) is 17.4 Å². The maximum Gasteiger partial charge on any atom is 0.417 e. The molecule has 33 heavy (non-hydrogen) atoms. The molecule has 0 saturated carbocycles.